The van der Waals surface area contributed by atoms with E-state index in [0.717, 1.165) is 21.6 Å². The minimum absolute atomic E-state index is 0.0908. The first kappa shape index (κ1) is 28.6. The summed E-state index contributed by atoms with van der Waals surface area (Å²) >= 11 is 1.43. The van der Waals surface area contributed by atoms with E-state index in [2.05, 4.69) is 10.3 Å². The lowest BCUT2D eigenvalue weighted by Crippen LogP contribution is -2.31. The van der Waals surface area contributed by atoms with E-state index in [9.17, 15) is 9.59 Å². The van der Waals surface area contributed by atoms with Gasteiger partial charge in [-0.2, -0.15) is 0 Å². The Balaban J connectivity index is 1.63. The SMILES string of the molecule is CCC(=O)NCCC(=O)N(c1ccc(-c2ccccc2)cc1)c1ncc(Cc2ccc(OC)c(OC)c2OC)s1. The normalized spacial score (nSPS) is 10.6. The molecule has 1 heterocycles. The molecule has 1 N–H and O–H groups in total. The number of nitrogens with one attached hydrogen (secondary N) is 1. The number of carbonyl (C=O) groups excluding carboxylic acids is 2. The Labute approximate surface area is 238 Å². The van der Waals surface area contributed by atoms with Crippen molar-refractivity contribution in [2.75, 3.05) is 32.8 Å². The number of anilines is 2. The van der Waals surface area contributed by atoms with Crippen LogP contribution in [0.2, 0.25) is 0 Å². The fourth-order valence-corrected chi connectivity index (χ4v) is 5.28. The molecule has 0 bridgehead atoms. The van der Waals surface area contributed by atoms with Crippen LogP contribution in [0.3, 0.4) is 0 Å². The van der Waals surface area contributed by atoms with Gasteiger partial charge in [-0.3, -0.25) is 14.5 Å². The summed E-state index contributed by atoms with van der Waals surface area (Å²) in [6.07, 6.45) is 2.81. The van der Waals surface area contributed by atoms with Gasteiger partial charge in [0.15, 0.2) is 16.6 Å². The van der Waals surface area contributed by atoms with Gasteiger partial charge in [-0.1, -0.05) is 55.5 Å². The monoisotopic (exact) mass is 559 g/mol. The molecule has 4 aromatic rings. The first-order valence-corrected chi connectivity index (χ1v) is 13.8. The van der Waals surface area contributed by atoms with Crippen LogP contribution in [0.4, 0.5) is 10.8 Å². The fraction of sp³-hybridized carbons (Fsp3) is 0.258. The Kier molecular flexibility index (Phi) is 9.75. The van der Waals surface area contributed by atoms with Crippen LogP contribution < -0.4 is 24.4 Å². The quantitative estimate of drug-likeness (QED) is 0.229. The maximum absolute atomic E-state index is 13.5. The van der Waals surface area contributed by atoms with E-state index in [1.807, 2.05) is 66.7 Å². The number of hydrogen-bond donors (Lipinski definition) is 1. The number of rotatable bonds is 12. The largest absolute Gasteiger partial charge is 0.493 e. The number of methoxy groups -OCH3 is 3. The topological polar surface area (TPSA) is 90.0 Å². The van der Waals surface area contributed by atoms with Crippen molar-refractivity contribution in [3.63, 3.8) is 0 Å². The summed E-state index contributed by atoms with van der Waals surface area (Å²) in [6.45, 7) is 2.04. The minimum atomic E-state index is -0.159. The van der Waals surface area contributed by atoms with Gasteiger partial charge in [-0.05, 0) is 29.3 Å². The average molecular weight is 560 g/mol. The second-order valence-electron chi connectivity index (χ2n) is 8.87. The molecule has 4 rings (SSSR count). The molecule has 0 radical (unpaired) electrons. The van der Waals surface area contributed by atoms with Gasteiger partial charge in [0, 0.05) is 42.4 Å². The van der Waals surface area contributed by atoms with E-state index in [-0.39, 0.29) is 24.8 Å². The van der Waals surface area contributed by atoms with Gasteiger partial charge < -0.3 is 19.5 Å². The predicted octanol–water partition coefficient (Wildman–Crippen LogP) is 6.01. The standard InChI is InChI=1S/C31H33N3O5S/c1-5-27(35)32-18-17-28(36)34(24-14-11-22(12-15-24)21-9-7-6-8-10-21)31-33-20-25(40-31)19-23-13-16-26(37-2)30(39-4)29(23)38-3/h6-16,20H,5,17-19H2,1-4H3,(H,32,35). The maximum atomic E-state index is 13.5. The van der Waals surface area contributed by atoms with Crippen LogP contribution in [0.15, 0.2) is 72.9 Å². The Morgan fingerprint density at radius 2 is 1.57 bits per heavy atom. The van der Waals surface area contributed by atoms with Gasteiger partial charge in [0.25, 0.3) is 0 Å². The van der Waals surface area contributed by atoms with Crippen molar-refractivity contribution < 1.29 is 23.8 Å². The Morgan fingerprint density at radius 1 is 0.875 bits per heavy atom. The summed E-state index contributed by atoms with van der Waals surface area (Å²) in [5.41, 5.74) is 3.75. The van der Waals surface area contributed by atoms with Gasteiger partial charge in [-0.15, -0.1) is 11.3 Å². The molecule has 2 amide bonds. The lowest BCUT2D eigenvalue weighted by Gasteiger charge is -2.20. The Morgan fingerprint density at radius 3 is 2.23 bits per heavy atom. The molecule has 9 heteroatoms. The van der Waals surface area contributed by atoms with Gasteiger partial charge in [-0.25, -0.2) is 4.98 Å². The fourth-order valence-electron chi connectivity index (χ4n) is 4.31. The third-order valence-corrected chi connectivity index (χ3v) is 7.33. The second-order valence-corrected chi connectivity index (χ2v) is 9.97. The van der Waals surface area contributed by atoms with Gasteiger partial charge in [0.05, 0.1) is 27.0 Å². The van der Waals surface area contributed by atoms with Crippen molar-refractivity contribution in [1.29, 1.82) is 0 Å². The highest BCUT2D eigenvalue weighted by Gasteiger charge is 2.23. The zero-order valence-electron chi connectivity index (χ0n) is 23.1. The number of nitrogens with zero attached hydrogens (tertiary/aromatic N) is 2. The Hall–Kier alpha value is -4.37. The van der Waals surface area contributed by atoms with Crippen molar-refractivity contribution in [2.45, 2.75) is 26.2 Å². The van der Waals surface area contributed by atoms with E-state index in [0.29, 0.717) is 40.9 Å². The molecule has 8 nitrogen and oxygen atoms in total. The molecule has 0 aliphatic heterocycles. The van der Waals surface area contributed by atoms with E-state index < -0.39 is 0 Å². The van der Waals surface area contributed by atoms with Crippen LogP contribution in [0.25, 0.3) is 11.1 Å². The number of hydrogen-bond acceptors (Lipinski definition) is 7. The molecule has 40 heavy (non-hydrogen) atoms. The molecule has 0 saturated heterocycles. The first-order chi connectivity index (χ1) is 19.5. The first-order valence-electron chi connectivity index (χ1n) is 13.0. The summed E-state index contributed by atoms with van der Waals surface area (Å²) in [4.78, 5) is 32.4. The smallest absolute Gasteiger partial charge is 0.235 e. The molecule has 1 aromatic heterocycles. The summed E-state index contributed by atoms with van der Waals surface area (Å²) in [5.74, 6) is 1.45. The Bertz CT molecular complexity index is 1440. The van der Waals surface area contributed by atoms with Crippen LogP contribution in [0, 0.1) is 0 Å². The van der Waals surface area contributed by atoms with Crippen molar-refractivity contribution in [3.8, 4) is 28.4 Å². The molecule has 0 saturated carbocycles. The van der Waals surface area contributed by atoms with Crippen LogP contribution >= 0.6 is 11.3 Å². The predicted molar refractivity (Wildman–Crippen MR) is 158 cm³/mol. The van der Waals surface area contributed by atoms with E-state index in [1.165, 1.54) is 11.3 Å². The number of thiazole rings is 1. The number of ether oxygens (including phenoxy) is 3. The molecule has 3 aromatic carbocycles. The number of carbonyl (C=O) groups is 2. The summed E-state index contributed by atoms with van der Waals surface area (Å²) in [7, 11) is 4.75. The minimum Gasteiger partial charge on any atom is -0.493 e. The number of amides is 2. The zero-order valence-corrected chi connectivity index (χ0v) is 23.9. The van der Waals surface area contributed by atoms with E-state index in [1.54, 1.807) is 39.3 Å². The molecule has 0 atom stereocenters. The van der Waals surface area contributed by atoms with Crippen LogP contribution in [0.1, 0.15) is 30.2 Å². The van der Waals surface area contributed by atoms with E-state index in [4.69, 9.17) is 14.2 Å². The lowest BCUT2D eigenvalue weighted by molar-refractivity contribution is -0.121. The zero-order chi connectivity index (χ0) is 28.5. The third-order valence-electron chi connectivity index (χ3n) is 6.35. The highest BCUT2D eigenvalue weighted by molar-refractivity contribution is 7.15. The molecular formula is C31H33N3O5S. The van der Waals surface area contributed by atoms with Crippen LogP contribution in [0.5, 0.6) is 17.2 Å². The molecular weight excluding hydrogens is 526 g/mol. The van der Waals surface area contributed by atoms with Crippen molar-refractivity contribution in [2.24, 2.45) is 0 Å². The van der Waals surface area contributed by atoms with Crippen molar-refractivity contribution in [1.82, 2.24) is 10.3 Å². The van der Waals surface area contributed by atoms with Gasteiger partial charge in [0.1, 0.15) is 0 Å². The van der Waals surface area contributed by atoms with Crippen molar-refractivity contribution >= 4 is 34.0 Å². The molecule has 208 valence electrons. The van der Waals surface area contributed by atoms with Crippen LogP contribution in [-0.4, -0.2) is 44.7 Å². The van der Waals surface area contributed by atoms with E-state index >= 15 is 0 Å². The molecule has 0 aliphatic carbocycles. The average Bonchev–Trinajstić information content (AvgIpc) is 3.45. The molecule has 0 unspecified atom stereocenters. The molecule has 0 fully saturated rings. The maximum Gasteiger partial charge on any atom is 0.235 e. The lowest BCUT2D eigenvalue weighted by atomic mass is 10.1. The second kappa shape index (κ2) is 13.6. The van der Waals surface area contributed by atoms with Gasteiger partial charge >= 0.3 is 0 Å². The number of aromatic nitrogens is 1. The molecule has 0 spiro atoms. The summed E-state index contributed by atoms with van der Waals surface area (Å²) in [6, 6.07) is 21.7. The third kappa shape index (κ3) is 6.60. The number of benzene rings is 3. The molecule has 0 aliphatic rings. The van der Waals surface area contributed by atoms with Crippen molar-refractivity contribution in [3.05, 3.63) is 83.4 Å². The summed E-state index contributed by atoms with van der Waals surface area (Å²) in [5, 5.41) is 3.33. The summed E-state index contributed by atoms with van der Waals surface area (Å²) < 4.78 is 16.6. The highest BCUT2D eigenvalue weighted by atomic mass is 32.1. The highest BCUT2D eigenvalue weighted by Crippen LogP contribution is 2.41. The van der Waals surface area contributed by atoms with Crippen LogP contribution in [-0.2, 0) is 16.0 Å². The van der Waals surface area contributed by atoms with Gasteiger partial charge in [0.2, 0.25) is 17.6 Å².